The number of aliphatic carboxylic acids is 1. The summed E-state index contributed by atoms with van der Waals surface area (Å²) in [6, 6.07) is 12.2. The van der Waals surface area contributed by atoms with Crippen LogP contribution < -0.4 is 10.1 Å². The second-order valence-corrected chi connectivity index (χ2v) is 6.55. The van der Waals surface area contributed by atoms with Crippen LogP contribution in [0.5, 0.6) is 5.75 Å². The SMILES string of the molecule is COc1ccccc1CC(CNC(=O)Cc1c(Cl)cccc1Cl)C(=O)O. The maximum atomic E-state index is 12.2. The van der Waals surface area contributed by atoms with Gasteiger partial charge in [-0.3, -0.25) is 9.59 Å². The molecule has 2 aromatic rings. The number of carbonyl (C=O) groups is 2. The number of amides is 1. The standard InChI is InChI=1S/C19H19Cl2NO4/c1-26-17-8-3-2-5-12(17)9-13(19(24)25)11-22-18(23)10-14-15(20)6-4-7-16(14)21/h2-8,13H,9-11H2,1H3,(H,22,23)(H,24,25). The first-order valence-electron chi connectivity index (χ1n) is 7.96. The molecule has 2 N–H and O–H groups in total. The third-order valence-electron chi connectivity index (χ3n) is 3.95. The van der Waals surface area contributed by atoms with Crippen molar-refractivity contribution in [3.05, 3.63) is 63.6 Å². The van der Waals surface area contributed by atoms with Crippen LogP contribution in [0.3, 0.4) is 0 Å². The van der Waals surface area contributed by atoms with Crippen molar-refractivity contribution in [1.29, 1.82) is 0 Å². The second-order valence-electron chi connectivity index (χ2n) is 5.73. The van der Waals surface area contributed by atoms with E-state index >= 15 is 0 Å². The van der Waals surface area contributed by atoms with Crippen LogP contribution in [0.25, 0.3) is 0 Å². The van der Waals surface area contributed by atoms with Crippen molar-refractivity contribution in [3.8, 4) is 5.75 Å². The Morgan fingerprint density at radius 3 is 2.38 bits per heavy atom. The summed E-state index contributed by atoms with van der Waals surface area (Å²) >= 11 is 12.1. The van der Waals surface area contributed by atoms with Gasteiger partial charge in [-0.15, -0.1) is 0 Å². The summed E-state index contributed by atoms with van der Waals surface area (Å²) < 4.78 is 5.25. The van der Waals surface area contributed by atoms with Crippen LogP contribution in [0.2, 0.25) is 10.0 Å². The number of carbonyl (C=O) groups excluding carboxylic acids is 1. The van der Waals surface area contributed by atoms with Gasteiger partial charge in [-0.25, -0.2) is 0 Å². The minimum Gasteiger partial charge on any atom is -0.496 e. The van der Waals surface area contributed by atoms with E-state index in [1.165, 1.54) is 7.11 Å². The van der Waals surface area contributed by atoms with Crippen LogP contribution in [0.15, 0.2) is 42.5 Å². The molecule has 5 nitrogen and oxygen atoms in total. The van der Waals surface area contributed by atoms with Crippen LogP contribution in [0.1, 0.15) is 11.1 Å². The maximum Gasteiger partial charge on any atom is 0.308 e. The Morgan fingerprint density at radius 2 is 1.77 bits per heavy atom. The van der Waals surface area contributed by atoms with Gasteiger partial charge in [-0.05, 0) is 35.7 Å². The van der Waals surface area contributed by atoms with Crippen molar-refractivity contribution in [3.63, 3.8) is 0 Å². The molecule has 1 amide bonds. The number of benzene rings is 2. The number of methoxy groups -OCH3 is 1. The zero-order valence-electron chi connectivity index (χ0n) is 14.2. The molecule has 0 saturated heterocycles. The third-order valence-corrected chi connectivity index (χ3v) is 4.66. The first-order chi connectivity index (χ1) is 12.4. The third kappa shape index (κ3) is 5.38. The van der Waals surface area contributed by atoms with Crippen molar-refractivity contribution in [2.75, 3.05) is 13.7 Å². The van der Waals surface area contributed by atoms with Crippen LogP contribution in [0.4, 0.5) is 0 Å². The molecule has 0 saturated carbocycles. The van der Waals surface area contributed by atoms with Gasteiger partial charge in [0.1, 0.15) is 5.75 Å². The molecular weight excluding hydrogens is 377 g/mol. The average Bonchev–Trinajstić information content (AvgIpc) is 2.62. The Labute approximate surface area is 161 Å². The quantitative estimate of drug-likeness (QED) is 0.715. The Balaban J connectivity index is 2.00. The van der Waals surface area contributed by atoms with E-state index < -0.39 is 11.9 Å². The maximum absolute atomic E-state index is 12.2. The van der Waals surface area contributed by atoms with Crippen LogP contribution in [0, 0.1) is 5.92 Å². The van der Waals surface area contributed by atoms with Gasteiger partial charge in [-0.1, -0.05) is 47.5 Å². The second kappa shape index (κ2) is 9.46. The fourth-order valence-electron chi connectivity index (χ4n) is 2.55. The lowest BCUT2D eigenvalue weighted by atomic mass is 9.98. The molecule has 0 spiro atoms. The van der Waals surface area contributed by atoms with E-state index in [1.54, 1.807) is 30.3 Å². The molecule has 7 heteroatoms. The van der Waals surface area contributed by atoms with Gasteiger partial charge in [0, 0.05) is 16.6 Å². The summed E-state index contributed by atoms with van der Waals surface area (Å²) in [5, 5.41) is 12.9. The molecular formula is C19H19Cl2NO4. The fraction of sp³-hybridized carbons (Fsp3) is 0.263. The van der Waals surface area contributed by atoms with Gasteiger partial charge in [-0.2, -0.15) is 0 Å². The monoisotopic (exact) mass is 395 g/mol. The van der Waals surface area contributed by atoms with E-state index in [2.05, 4.69) is 5.32 Å². The fourth-order valence-corrected chi connectivity index (χ4v) is 3.08. The van der Waals surface area contributed by atoms with Gasteiger partial charge < -0.3 is 15.2 Å². The minimum atomic E-state index is -0.994. The highest BCUT2D eigenvalue weighted by atomic mass is 35.5. The first kappa shape index (κ1) is 20.1. The summed E-state index contributed by atoms with van der Waals surface area (Å²) in [7, 11) is 1.53. The Morgan fingerprint density at radius 1 is 1.12 bits per heavy atom. The van der Waals surface area contributed by atoms with Crippen molar-refractivity contribution in [1.82, 2.24) is 5.32 Å². The molecule has 1 atom stereocenters. The molecule has 2 rings (SSSR count). The number of halogens is 2. The summed E-state index contributed by atoms with van der Waals surface area (Å²) in [6.45, 7) is -0.00567. The minimum absolute atomic E-state index is 0.00567. The molecule has 2 aromatic carbocycles. The van der Waals surface area contributed by atoms with E-state index in [0.29, 0.717) is 21.4 Å². The zero-order valence-corrected chi connectivity index (χ0v) is 15.7. The predicted octanol–water partition coefficient (Wildman–Crippen LogP) is 3.60. The molecule has 1 unspecified atom stereocenters. The summed E-state index contributed by atoms with van der Waals surface area (Å²) in [5.74, 6) is -1.50. The molecule has 0 aliphatic heterocycles. The average molecular weight is 396 g/mol. The predicted molar refractivity (Wildman–Crippen MR) is 101 cm³/mol. The summed E-state index contributed by atoms with van der Waals surface area (Å²) in [6.07, 6.45) is 0.228. The number of hydrogen-bond acceptors (Lipinski definition) is 3. The van der Waals surface area contributed by atoms with Gasteiger partial charge in [0.15, 0.2) is 0 Å². The number of carboxylic acids is 1. The van der Waals surface area contributed by atoms with Gasteiger partial charge >= 0.3 is 5.97 Å². The number of para-hydroxylation sites is 1. The molecule has 0 radical (unpaired) electrons. The number of ether oxygens (including phenoxy) is 1. The van der Waals surface area contributed by atoms with E-state index in [-0.39, 0.29) is 25.3 Å². The smallest absolute Gasteiger partial charge is 0.308 e. The highest BCUT2D eigenvalue weighted by Gasteiger charge is 2.21. The lowest BCUT2D eigenvalue weighted by Gasteiger charge is -2.16. The van der Waals surface area contributed by atoms with Gasteiger partial charge in [0.2, 0.25) is 5.91 Å². The topological polar surface area (TPSA) is 75.6 Å². The van der Waals surface area contributed by atoms with E-state index in [9.17, 15) is 14.7 Å². The number of carboxylic acid groups (broad SMARTS) is 1. The van der Waals surface area contributed by atoms with E-state index in [4.69, 9.17) is 27.9 Å². The van der Waals surface area contributed by atoms with Crippen LogP contribution in [-0.2, 0) is 22.4 Å². The Kier molecular flexibility index (Phi) is 7.30. The number of hydrogen-bond donors (Lipinski definition) is 2. The molecule has 0 fully saturated rings. The Bertz CT molecular complexity index is 775. The summed E-state index contributed by atoms with van der Waals surface area (Å²) in [5.41, 5.74) is 1.29. The highest BCUT2D eigenvalue weighted by molar-refractivity contribution is 6.36. The van der Waals surface area contributed by atoms with Crippen molar-refractivity contribution in [2.24, 2.45) is 5.92 Å². The summed E-state index contributed by atoms with van der Waals surface area (Å²) in [4.78, 5) is 23.7. The normalized spacial score (nSPS) is 11.7. The van der Waals surface area contributed by atoms with E-state index in [0.717, 1.165) is 5.56 Å². The van der Waals surface area contributed by atoms with E-state index in [1.807, 2.05) is 12.1 Å². The van der Waals surface area contributed by atoms with Crippen LogP contribution in [-0.4, -0.2) is 30.6 Å². The van der Waals surface area contributed by atoms with Crippen molar-refractivity contribution < 1.29 is 19.4 Å². The molecule has 0 heterocycles. The lowest BCUT2D eigenvalue weighted by molar-refractivity contribution is -0.141. The van der Waals surface area contributed by atoms with Crippen molar-refractivity contribution in [2.45, 2.75) is 12.8 Å². The Hall–Kier alpha value is -2.24. The molecule has 138 valence electrons. The molecule has 26 heavy (non-hydrogen) atoms. The molecule has 0 aliphatic carbocycles. The zero-order chi connectivity index (χ0) is 19.1. The number of nitrogens with one attached hydrogen (secondary N) is 1. The molecule has 0 aromatic heterocycles. The highest BCUT2D eigenvalue weighted by Crippen LogP contribution is 2.25. The lowest BCUT2D eigenvalue weighted by Crippen LogP contribution is -2.35. The van der Waals surface area contributed by atoms with Gasteiger partial charge in [0.25, 0.3) is 0 Å². The number of rotatable bonds is 8. The van der Waals surface area contributed by atoms with Crippen molar-refractivity contribution >= 4 is 35.1 Å². The molecule has 0 aliphatic rings. The largest absolute Gasteiger partial charge is 0.496 e. The molecule has 0 bridgehead atoms. The van der Waals surface area contributed by atoms with Gasteiger partial charge in [0.05, 0.1) is 19.4 Å². The van der Waals surface area contributed by atoms with Crippen LogP contribution >= 0.6 is 23.2 Å². The first-order valence-corrected chi connectivity index (χ1v) is 8.72.